The van der Waals surface area contributed by atoms with Crippen LogP contribution in [0.15, 0.2) is 11.1 Å². The van der Waals surface area contributed by atoms with Gasteiger partial charge in [0.15, 0.2) is 0 Å². The molecule has 1 aliphatic rings. The number of hydrogen-bond acceptors (Lipinski definition) is 4. The lowest BCUT2D eigenvalue weighted by atomic mass is 10.2. The van der Waals surface area contributed by atoms with E-state index < -0.39 is 0 Å². The highest BCUT2D eigenvalue weighted by Gasteiger charge is 2.16. The van der Waals surface area contributed by atoms with Crippen molar-refractivity contribution in [3.8, 4) is 0 Å². The second-order valence-electron chi connectivity index (χ2n) is 3.76. The molecule has 0 bridgehead atoms. The number of rotatable bonds is 3. The van der Waals surface area contributed by atoms with E-state index in [1.54, 1.807) is 0 Å². The van der Waals surface area contributed by atoms with E-state index in [4.69, 9.17) is 5.41 Å². The summed E-state index contributed by atoms with van der Waals surface area (Å²) in [6, 6.07) is 0.401. The number of hydrogen-bond donors (Lipinski definition) is 3. The van der Waals surface area contributed by atoms with Gasteiger partial charge in [-0.2, -0.15) is 0 Å². The Bertz CT molecular complexity index is 406. The van der Waals surface area contributed by atoms with E-state index in [1.165, 1.54) is 19.2 Å². The average Bonchev–Trinajstić information content (AvgIpc) is 2.71. The first-order valence-electron chi connectivity index (χ1n) is 5.16. The fourth-order valence-corrected chi connectivity index (χ4v) is 1.92. The predicted molar refractivity (Wildman–Crippen MR) is 58.6 cm³/mol. The van der Waals surface area contributed by atoms with Gasteiger partial charge in [0, 0.05) is 12.3 Å². The van der Waals surface area contributed by atoms with Crippen LogP contribution in [-0.4, -0.2) is 22.2 Å². The summed E-state index contributed by atoms with van der Waals surface area (Å²) < 4.78 is 0. The summed E-state index contributed by atoms with van der Waals surface area (Å²) in [6.45, 7) is 0. The summed E-state index contributed by atoms with van der Waals surface area (Å²) in [5.74, 6) is 0.528. The van der Waals surface area contributed by atoms with Gasteiger partial charge in [-0.3, -0.25) is 4.79 Å². The third-order valence-electron chi connectivity index (χ3n) is 2.73. The molecule has 1 fully saturated rings. The molecular formula is C10H14N4O. The molecule has 0 saturated heterocycles. The second-order valence-corrected chi connectivity index (χ2v) is 3.76. The standard InChI is InChI=1S/C10H14N4O/c11-5-8-9(12-6-13-10(8)15)14-7-3-1-2-4-7/h5-7,11H,1-4H2,(H2,12,13,14,15). The van der Waals surface area contributed by atoms with Crippen molar-refractivity contribution < 1.29 is 0 Å². The molecule has 1 heterocycles. The van der Waals surface area contributed by atoms with Gasteiger partial charge in [0.2, 0.25) is 0 Å². The van der Waals surface area contributed by atoms with Crippen molar-refractivity contribution >= 4 is 12.0 Å². The fraction of sp³-hybridized carbons (Fsp3) is 0.500. The molecule has 0 aliphatic heterocycles. The maximum absolute atomic E-state index is 11.4. The topological polar surface area (TPSA) is 81.6 Å². The molecule has 1 aromatic heterocycles. The van der Waals surface area contributed by atoms with Gasteiger partial charge < -0.3 is 15.7 Å². The molecule has 1 aliphatic carbocycles. The quantitative estimate of drug-likeness (QED) is 0.648. The molecule has 0 amide bonds. The van der Waals surface area contributed by atoms with Gasteiger partial charge in [-0.15, -0.1) is 0 Å². The van der Waals surface area contributed by atoms with Crippen LogP contribution in [0.5, 0.6) is 0 Å². The Balaban J connectivity index is 2.23. The van der Waals surface area contributed by atoms with Crippen LogP contribution < -0.4 is 10.9 Å². The third-order valence-corrected chi connectivity index (χ3v) is 2.73. The molecule has 1 saturated carbocycles. The van der Waals surface area contributed by atoms with E-state index >= 15 is 0 Å². The highest BCUT2D eigenvalue weighted by atomic mass is 16.1. The molecule has 0 spiro atoms. The lowest BCUT2D eigenvalue weighted by molar-refractivity contribution is 0.749. The van der Waals surface area contributed by atoms with Gasteiger partial charge in [0.1, 0.15) is 5.82 Å². The van der Waals surface area contributed by atoms with E-state index in [-0.39, 0.29) is 5.56 Å². The summed E-state index contributed by atoms with van der Waals surface area (Å²) in [5, 5.41) is 10.4. The maximum Gasteiger partial charge on any atom is 0.261 e. The first-order chi connectivity index (χ1) is 7.31. The Morgan fingerprint density at radius 1 is 1.53 bits per heavy atom. The molecule has 5 nitrogen and oxygen atoms in total. The van der Waals surface area contributed by atoms with Crippen LogP contribution in [0.4, 0.5) is 5.82 Å². The number of nitrogens with zero attached hydrogens (tertiary/aromatic N) is 1. The lowest BCUT2D eigenvalue weighted by Gasteiger charge is -2.13. The molecule has 0 atom stereocenters. The van der Waals surface area contributed by atoms with Crippen LogP contribution >= 0.6 is 0 Å². The van der Waals surface area contributed by atoms with E-state index in [9.17, 15) is 4.79 Å². The molecule has 3 N–H and O–H groups in total. The van der Waals surface area contributed by atoms with Crippen molar-refractivity contribution in [2.75, 3.05) is 5.32 Å². The number of aromatic nitrogens is 2. The molecule has 1 aromatic rings. The first-order valence-corrected chi connectivity index (χ1v) is 5.16. The molecule has 2 rings (SSSR count). The highest BCUT2D eigenvalue weighted by molar-refractivity contribution is 5.83. The molecule has 15 heavy (non-hydrogen) atoms. The van der Waals surface area contributed by atoms with Crippen molar-refractivity contribution in [3.63, 3.8) is 0 Å². The molecule has 5 heteroatoms. The zero-order valence-corrected chi connectivity index (χ0v) is 8.42. The van der Waals surface area contributed by atoms with Crippen LogP contribution in [0.2, 0.25) is 0 Å². The van der Waals surface area contributed by atoms with Gasteiger partial charge in [0.05, 0.1) is 11.9 Å². The minimum Gasteiger partial charge on any atom is -0.367 e. The smallest absolute Gasteiger partial charge is 0.261 e. The van der Waals surface area contributed by atoms with Crippen LogP contribution in [0.1, 0.15) is 31.2 Å². The van der Waals surface area contributed by atoms with E-state index in [0.29, 0.717) is 17.4 Å². The van der Waals surface area contributed by atoms with Crippen molar-refractivity contribution in [3.05, 3.63) is 22.2 Å². The van der Waals surface area contributed by atoms with Gasteiger partial charge >= 0.3 is 0 Å². The zero-order chi connectivity index (χ0) is 10.7. The average molecular weight is 206 g/mol. The van der Waals surface area contributed by atoms with Crippen LogP contribution in [-0.2, 0) is 0 Å². The Morgan fingerprint density at radius 2 is 2.27 bits per heavy atom. The summed E-state index contributed by atoms with van der Waals surface area (Å²) in [5.41, 5.74) is 0.0462. The van der Waals surface area contributed by atoms with E-state index in [2.05, 4.69) is 15.3 Å². The monoisotopic (exact) mass is 206 g/mol. The summed E-state index contributed by atoms with van der Waals surface area (Å²) in [4.78, 5) is 17.9. The van der Waals surface area contributed by atoms with Crippen LogP contribution in [0.3, 0.4) is 0 Å². The van der Waals surface area contributed by atoms with Crippen molar-refractivity contribution in [2.45, 2.75) is 31.7 Å². The van der Waals surface area contributed by atoms with E-state index in [1.807, 2.05) is 0 Å². The largest absolute Gasteiger partial charge is 0.367 e. The van der Waals surface area contributed by atoms with E-state index in [0.717, 1.165) is 19.1 Å². The Labute approximate surface area is 87.5 Å². The van der Waals surface area contributed by atoms with Crippen molar-refractivity contribution in [2.24, 2.45) is 0 Å². The maximum atomic E-state index is 11.4. The molecule has 80 valence electrons. The number of H-pyrrole nitrogens is 1. The number of anilines is 1. The molecular weight excluding hydrogens is 192 g/mol. The minimum atomic E-state index is -0.263. The van der Waals surface area contributed by atoms with Gasteiger partial charge in [-0.25, -0.2) is 4.98 Å². The SMILES string of the molecule is N=Cc1c(NC2CCCC2)nc[nH]c1=O. The van der Waals surface area contributed by atoms with Gasteiger partial charge in [-0.1, -0.05) is 12.8 Å². The summed E-state index contributed by atoms with van der Waals surface area (Å²) >= 11 is 0. The first kappa shape index (κ1) is 9.89. The van der Waals surface area contributed by atoms with Gasteiger partial charge in [-0.05, 0) is 12.8 Å². The summed E-state index contributed by atoms with van der Waals surface area (Å²) in [7, 11) is 0. The van der Waals surface area contributed by atoms with Gasteiger partial charge in [0.25, 0.3) is 5.56 Å². The Morgan fingerprint density at radius 3 is 2.93 bits per heavy atom. The number of nitrogens with one attached hydrogen (secondary N) is 3. The predicted octanol–water partition coefficient (Wildman–Crippen LogP) is 1.12. The Hall–Kier alpha value is -1.65. The lowest BCUT2D eigenvalue weighted by Crippen LogP contribution is -2.22. The van der Waals surface area contributed by atoms with Crippen molar-refractivity contribution in [1.29, 1.82) is 5.41 Å². The summed E-state index contributed by atoms with van der Waals surface area (Å²) in [6.07, 6.45) is 7.09. The minimum absolute atomic E-state index is 0.263. The zero-order valence-electron chi connectivity index (χ0n) is 8.42. The number of aromatic amines is 1. The highest BCUT2D eigenvalue weighted by Crippen LogP contribution is 2.21. The Kier molecular flexibility index (Phi) is 2.80. The van der Waals surface area contributed by atoms with Crippen LogP contribution in [0.25, 0.3) is 0 Å². The fourth-order valence-electron chi connectivity index (χ4n) is 1.92. The normalized spacial score (nSPS) is 16.5. The van der Waals surface area contributed by atoms with Crippen molar-refractivity contribution in [1.82, 2.24) is 9.97 Å². The molecule has 0 radical (unpaired) electrons. The second kappa shape index (κ2) is 4.25. The molecule has 0 unspecified atom stereocenters. The molecule has 0 aromatic carbocycles. The third kappa shape index (κ3) is 2.06. The van der Waals surface area contributed by atoms with Crippen LogP contribution in [0, 0.1) is 5.41 Å².